The first-order valence-electron chi connectivity index (χ1n) is 6.32. The van der Waals surface area contributed by atoms with Crippen LogP contribution >= 0.6 is 0 Å². The van der Waals surface area contributed by atoms with Gasteiger partial charge in [-0.1, -0.05) is 18.2 Å². The maximum atomic E-state index is 4.45. The Bertz CT molecular complexity index is 693. The summed E-state index contributed by atoms with van der Waals surface area (Å²) in [5, 5.41) is 4.63. The molecule has 3 aromatic rings. The Morgan fingerprint density at radius 2 is 1.84 bits per heavy atom. The van der Waals surface area contributed by atoms with Crippen LogP contribution in [0.15, 0.2) is 55.0 Å². The van der Waals surface area contributed by atoms with Gasteiger partial charge in [0.1, 0.15) is 0 Å². The number of hydrogen-bond donors (Lipinski definition) is 1. The summed E-state index contributed by atoms with van der Waals surface area (Å²) in [6, 6.07) is 12.3. The molecule has 94 valence electrons. The van der Waals surface area contributed by atoms with Crippen molar-refractivity contribution >= 4 is 16.6 Å². The number of rotatable bonds is 3. The molecule has 0 aliphatic carbocycles. The van der Waals surface area contributed by atoms with Crippen molar-refractivity contribution in [2.24, 2.45) is 0 Å². The molecule has 3 rings (SSSR count). The Morgan fingerprint density at radius 1 is 1.00 bits per heavy atom. The summed E-state index contributed by atoms with van der Waals surface area (Å²) >= 11 is 0. The van der Waals surface area contributed by atoms with Crippen molar-refractivity contribution in [1.29, 1.82) is 0 Å². The fourth-order valence-electron chi connectivity index (χ4n) is 2.18. The van der Waals surface area contributed by atoms with E-state index < -0.39 is 0 Å². The zero-order valence-electron chi connectivity index (χ0n) is 10.8. The second-order valence-electron chi connectivity index (χ2n) is 4.54. The first-order valence-corrected chi connectivity index (χ1v) is 6.32. The van der Waals surface area contributed by atoms with Gasteiger partial charge in [-0.3, -0.25) is 9.97 Å². The number of anilines is 1. The van der Waals surface area contributed by atoms with E-state index in [1.165, 1.54) is 11.1 Å². The number of nitrogens with one attached hydrogen (secondary N) is 1. The number of fused-ring (bicyclic) bond motifs is 1. The number of benzene rings is 1. The minimum absolute atomic E-state index is 0.787. The Balaban J connectivity index is 1.91. The van der Waals surface area contributed by atoms with Crippen molar-refractivity contribution < 1.29 is 0 Å². The molecule has 0 aliphatic rings. The summed E-state index contributed by atoms with van der Waals surface area (Å²) in [6.45, 7) is 2.87. The molecule has 0 spiro atoms. The van der Waals surface area contributed by atoms with E-state index in [9.17, 15) is 0 Å². The first-order chi connectivity index (χ1) is 9.34. The van der Waals surface area contributed by atoms with Gasteiger partial charge in [0.05, 0.1) is 5.52 Å². The molecule has 0 atom stereocenters. The maximum Gasteiger partial charge on any atom is 0.0751 e. The van der Waals surface area contributed by atoms with Crippen LogP contribution in [0.3, 0.4) is 0 Å². The van der Waals surface area contributed by atoms with Gasteiger partial charge in [-0.25, -0.2) is 0 Å². The highest BCUT2D eigenvalue weighted by Crippen LogP contribution is 2.24. The molecule has 19 heavy (non-hydrogen) atoms. The molecule has 0 aliphatic heterocycles. The van der Waals surface area contributed by atoms with Crippen molar-refractivity contribution in [2.75, 3.05) is 5.32 Å². The second kappa shape index (κ2) is 5.06. The van der Waals surface area contributed by atoms with E-state index >= 15 is 0 Å². The highest BCUT2D eigenvalue weighted by Gasteiger charge is 2.03. The van der Waals surface area contributed by atoms with Crippen molar-refractivity contribution in [3.63, 3.8) is 0 Å². The number of aryl methyl sites for hydroxylation is 1. The van der Waals surface area contributed by atoms with Gasteiger partial charge in [-0.05, 0) is 36.2 Å². The van der Waals surface area contributed by atoms with E-state index in [2.05, 4.69) is 40.4 Å². The van der Waals surface area contributed by atoms with E-state index in [0.717, 1.165) is 23.1 Å². The Morgan fingerprint density at radius 3 is 2.68 bits per heavy atom. The fourth-order valence-corrected chi connectivity index (χ4v) is 2.18. The van der Waals surface area contributed by atoms with E-state index in [4.69, 9.17) is 0 Å². The zero-order chi connectivity index (χ0) is 13.1. The largest absolute Gasteiger partial charge is 0.380 e. The maximum absolute atomic E-state index is 4.45. The molecule has 3 heteroatoms. The van der Waals surface area contributed by atoms with Gasteiger partial charge in [-0.15, -0.1) is 0 Å². The predicted molar refractivity (Wildman–Crippen MR) is 78.0 cm³/mol. The highest BCUT2D eigenvalue weighted by atomic mass is 14.9. The standard InChI is InChI=1S/C16H15N3/c1-12-3-2-4-14-15(7-10-18-16(12)14)19-11-13-5-8-17-9-6-13/h2-10H,11H2,1H3,(H,18,19). The van der Waals surface area contributed by atoms with Gasteiger partial charge in [0.25, 0.3) is 0 Å². The molecular formula is C16H15N3. The molecule has 2 aromatic heterocycles. The van der Waals surface area contributed by atoms with Gasteiger partial charge in [0.2, 0.25) is 0 Å². The summed E-state index contributed by atoms with van der Waals surface area (Å²) in [5.74, 6) is 0. The summed E-state index contributed by atoms with van der Waals surface area (Å²) < 4.78 is 0. The molecule has 0 saturated heterocycles. The molecule has 0 saturated carbocycles. The van der Waals surface area contributed by atoms with Gasteiger partial charge in [0, 0.05) is 36.2 Å². The molecule has 3 nitrogen and oxygen atoms in total. The van der Waals surface area contributed by atoms with Crippen LogP contribution in [0.25, 0.3) is 10.9 Å². The summed E-state index contributed by atoms with van der Waals surface area (Å²) in [5.41, 5.74) is 4.59. The van der Waals surface area contributed by atoms with Crippen LogP contribution in [0, 0.1) is 6.92 Å². The lowest BCUT2D eigenvalue weighted by Crippen LogP contribution is -2.00. The van der Waals surface area contributed by atoms with E-state index in [0.29, 0.717) is 0 Å². The monoisotopic (exact) mass is 249 g/mol. The lowest BCUT2D eigenvalue weighted by molar-refractivity contribution is 1.13. The van der Waals surface area contributed by atoms with Crippen molar-refractivity contribution in [1.82, 2.24) is 9.97 Å². The average molecular weight is 249 g/mol. The van der Waals surface area contributed by atoms with Crippen LogP contribution in [0.1, 0.15) is 11.1 Å². The van der Waals surface area contributed by atoms with Crippen LogP contribution in [-0.2, 0) is 6.54 Å². The molecule has 0 unspecified atom stereocenters. The van der Waals surface area contributed by atoms with E-state index in [1.807, 2.05) is 36.8 Å². The SMILES string of the molecule is Cc1cccc2c(NCc3ccncc3)ccnc12. The third-order valence-corrected chi connectivity index (χ3v) is 3.21. The molecule has 2 heterocycles. The number of para-hydroxylation sites is 1. The summed E-state index contributed by atoms with van der Waals surface area (Å²) in [4.78, 5) is 8.47. The average Bonchev–Trinajstić information content (AvgIpc) is 2.47. The highest BCUT2D eigenvalue weighted by molar-refractivity contribution is 5.92. The number of aromatic nitrogens is 2. The zero-order valence-corrected chi connectivity index (χ0v) is 10.8. The van der Waals surface area contributed by atoms with Gasteiger partial charge < -0.3 is 5.32 Å². The van der Waals surface area contributed by atoms with Gasteiger partial charge >= 0.3 is 0 Å². The number of hydrogen-bond acceptors (Lipinski definition) is 3. The molecule has 0 fully saturated rings. The number of nitrogens with zero attached hydrogens (tertiary/aromatic N) is 2. The third kappa shape index (κ3) is 2.40. The van der Waals surface area contributed by atoms with Crippen molar-refractivity contribution in [3.05, 3.63) is 66.1 Å². The number of pyridine rings is 2. The van der Waals surface area contributed by atoms with E-state index in [1.54, 1.807) is 0 Å². The van der Waals surface area contributed by atoms with Crippen molar-refractivity contribution in [3.8, 4) is 0 Å². The minimum Gasteiger partial charge on any atom is -0.380 e. The summed E-state index contributed by atoms with van der Waals surface area (Å²) in [6.07, 6.45) is 5.47. The van der Waals surface area contributed by atoms with Crippen LogP contribution in [-0.4, -0.2) is 9.97 Å². The second-order valence-corrected chi connectivity index (χ2v) is 4.54. The molecule has 1 N–H and O–H groups in total. The normalized spacial score (nSPS) is 10.6. The van der Waals surface area contributed by atoms with Crippen molar-refractivity contribution in [2.45, 2.75) is 13.5 Å². The molecule has 0 bridgehead atoms. The van der Waals surface area contributed by atoms with Gasteiger partial charge in [0.15, 0.2) is 0 Å². The third-order valence-electron chi connectivity index (χ3n) is 3.21. The Hall–Kier alpha value is -2.42. The van der Waals surface area contributed by atoms with E-state index in [-0.39, 0.29) is 0 Å². The quantitative estimate of drug-likeness (QED) is 0.771. The molecule has 0 amide bonds. The first kappa shape index (κ1) is 11.7. The Labute approximate surface area is 112 Å². The molecule has 0 radical (unpaired) electrons. The minimum atomic E-state index is 0.787. The fraction of sp³-hybridized carbons (Fsp3) is 0.125. The molecular weight excluding hydrogens is 234 g/mol. The topological polar surface area (TPSA) is 37.8 Å². The smallest absolute Gasteiger partial charge is 0.0751 e. The predicted octanol–water partition coefficient (Wildman–Crippen LogP) is 3.55. The Kier molecular flexibility index (Phi) is 3.11. The van der Waals surface area contributed by atoms with Crippen LogP contribution < -0.4 is 5.32 Å². The lowest BCUT2D eigenvalue weighted by atomic mass is 10.1. The lowest BCUT2D eigenvalue weighted by Gasteiger charge is -2.10. The summed E-state index contributed by atoms with van der Waals surface area (Å²) in [7, 11) is 0. The van der Waals surface area contributed by atoms with Crippen LogP contribution in [0.5, 0.6) is 0 Å². The molecule has 1 aromatic carbocycles. The van der Waals surface area contributed by atoms with Crippen LogP contribution in [0.4, 0.5) is 5.69 Å². The van der Waals surface area contributed by atoms with Gasteiger partial charge in [-0.2, -0.15) is 0 Å². The van der Waals surface area contributed by atoms with Crippen LogP contribution in [0.2, 0.25) is 0 Å².